The van der Waals surface area contributed by atoms with Gasteiger partial charge in [-0.3, -0.25) is 9.59 Å². The van der Waals surface area contributed by atoms with Gasteiger partial charge in [-0.15, -0.1) is 0 Å². The molecule has 1 fully saturated rings. The first-order valence-electron chi connectivity index (χ1n) is 9.68. The molecule has 1 N–H and O–H groups in total. The number of hydrogen-bond acceptors (Lipinski definition) is 6. The number of aliphatic hydroxyl groups is 1. The number of rotatable bonds is 8. The van der Waals surface area contributed by atoms with Gasteiger partial charge in [0.25, 0.3) is 11.7 Å². The molecule has 1 aliphatic rings. The van der Waals surface area contributed by atoms with Crippen LogP contribution in [0.5, 0.6) is 11.5 Å². The normalized spacial score (nSPS) is 17.8. The molecule has 1 atom stereocenters. The van der Waals surface area contributed by atoms with Crippen molar-refractivity contribution in [1.29, 1.82) is 0 Å². The average molecular weight is 446 g/mol. The number of methoxy groups -OCH3 is 3. The van der Waals surface area contributed by atoms with E-state index in [0.29, 0.717) is 40.7 Å². The number of hydrogen-bond donors (Lipinski definition) is 1. The standard InChI is InChI=1S/C23H24ClNO6/c1-29-12-4-11-25-20(15-7-10-17(30-2)18(13-15)31-3)19(22(27)23(25)28)21(26)14-5-8-16(24)9-6-14/h5-10,13,20,26H,4,11-12H2,1-3H3/b21-19+. The van der Waals surface area contributed by atoms with Crippen molar-refractivity contribution in [2.75, 3.05) is 34.5 Å². The van der Waals surface area contributed by atoms with E-state index in [1.54, 1.807) is 49.6 Å². The highest BCUT2D eigenvalue weighted by Gasteiger charge is 2.46. The molecular formula is C23H24ClNO6. The van der Waals surface area contributed by atoms with Crippen molar-refractivity contribution in [1.82, 2.24) is 4.90 Å². The Kier molecular flexibility index (Phi) is 7.20. The predicted molar refractivity (Wildman–Crippen MR) is 117 cm³/mol. The summed E-state index contributed by atoms with van der Waals surface area (Å²) in [7, 11) is 4.60. The van der Waals surface area contributed by atoms with Crippen LogP contribution in [-0.4, -0.2) is 56.2 Å². The number of aliphatic hydroxyl groups excluding tert-OH is 1. The lowest BCUT2D eigenvalue weighted by Crippen LogP contribution is -2.31. The minimum atomic E-state index is -0.785. The second-order valence-corrected chi connectivity index (χ2v) is 7.40. The highest BCUT2D eigenvalue weighted by Crippen LogP contribution is 2.42. The van der Waals surface area contributed by atoms with E-state index in [1.165, 1.54) is 19.1 Å². The van der Waals surface area contributed by atoms with E-state index in [4.69, 9.17) is 25.8 Å². The highest BCUT2D eigenvalue weighted by atomic mass is 35.5. The molecule has 0 aromatic heterocycles. The summed E-state index contributed by atoms with van der Waals surface area (Å²) in [5.74, 6) is -0.714. The van der Waals surface area contributed by atoms with E-state index in [2.05, 4.69) is 0 Å². The Hall–Kier alpha value is -3.03. The molecule has 0 bridgehead atoms. The molecule has 0 radical (unpaired) electrons. The Bertz CT molecular complexity index is 1000. The molecule has 1 aliphatic heterocycles. The molecule has 0 aliphatic carbocycles. The Balaban J connectivity index is 2.15. The largest absolute Gasteiger partial charge is 0.507 e. The summed E-state index contributed by atoms with van der Waals surface area (Å²) < 4.78 is 15.8. The van der Waals surface area contributed by atoms with Crippen LogP contribution < -0.4 is 9.47 Å². The number of Topliss-reactive ketones (excluding diaryl/α,β-unsaturated/α-hetero) is 1. The van der Waals surface area contributed by atoms with Gasteiger partial charge in [0, 0.05) is 30.8 Å². The van der Waals surface area contributed by atoms with Crippen LogP contribution in [0.25, 0.3) is 5.76 Å². The summed E-state index contributed by atoms with van der Waals surface area (Å²) in [4.78, 5) is 27.3. The summed E-state index contributed by atoms with van der Waals surface area (Å²) in [6.45, 7) is 0.716. The Morgan fingerprint density at radius 3 is 2.32 bits per heavy atom. The van der Waals surface area contributed by atoms with Crippen LogP contribution >= 0.6 is 11.6 Å². The van der Waals surface area contributed by atoms with Gasteiger partial charge < -0.3 is 24.2 Å². The highest BCUT2D eigenvalue weighted by molar-refractivity contribution is 6.46. The minimum absolute atomic E-state index is 0.0111. The van der Waals surface area contributed by atoms with Gasteiger partial charge in [-0.05, 0) is 48.4 Å². The molecule has 1 heterocycles. The number of carbonyl (C=O) groups excluding carboxylic acids is 2. The molecule has 164 valence electrons. The number of ketones is 1. The number of benzene rings is 2. The third-order valence-electron chi connectivity index (χ3n) is 5.13. The smallest absolute Gasteiger partial charge is 0.295 e. The van der Waals surface area contributed by atoms with E-state index in [1.807, 2.05) is 0 Å². The predicted octanol–water partition coefficient (Wildman–Crippen LogP) is 3.82. The van der Waals surface area contributed by atoms with Gasteiger partial charge in [-0.1, -0.05) is 17.7 Å². The van der Waals surface area contributed by atoms with Crippen LogP contribution in [0.1, 0.15) is 23.6 Å². The Morgan fingerprint density at radius 1 is 1.03 bits per heavy atom. The monoisotopic (exact) mass is 445 g/mol. The molecule has 2 aromatic rings. The average Bonchev–Trinajstić information content (AvgIpc) is 3.03. The number of nitrogens with zero attached hydrogens (tertiary/aromatic N) is 1. The number of ether oxygens (including phenoxy) is 3. The zero-order chi connectivity index (χ0) is 22.5. The molecule has 7 nitrogen and oxygen atoms in total. The van der Waals surface area contributed by atoms with Crippen LogP contribution in [0.15, 0.2) is 48.0 Å². The van der Waals surface area contributed by atoms with Gasteiger partial charge in [-0.25, -0.2) is 0 Å². The summed E-state index contributed by atoms with van der Waals surface area (Å²) in [6.07, 6.45) is 0.536. The van der Waals surface area contributed by atoms with Gasteiger partial charge >= 0.3 is 0 Å². The molecule has 31 heavy (non-hydrogen) atoms. The molecular weight excluding hydrogens is 422 g/mol. The number of halogens is 1. The summed E-state index contributed by atoms with van der Waals surface area (Å²) in [6, 6.07) is 10.8. The van der Waals surface area contributed by atoms with Gasteiger partial charge in [-0.2, -0.15) is 0 Å². The molecule has 1 unspecified atom stereocenters. The zero-order valence-electron chi connectivity index (χ0n) is 17.6. The fraction of sp³-hybridized carbons (Fsp3) is 0.304. The van der Waals surface area contributed by atoms with E-state index in [0.717, 1.165) is 0 Å². The van der Waals surface area contributed by atoms with Crippen molar-refractivity contribution in [2.24, 2.45) is 0 Å². The van der Waals surface area contributed by atoms with Gasteiger partial charge in [0.2, 0.25) is 0 Å². The maximum absolute atomic E-state index is 13.0. The quantitative estimate of drug-likeness (QED) is 0.288. The number of likely N-dealkylation sites (tertiary alicyclic amines) is 1. The molecule has 8 heteroatoms. The lowest BCUT2D eigenvalue weighted by atomic mass is 9.95. The topological polar surface area (TPSA) is 85.3 Å². The van der Waals surface area contributed by atoms with E-state index < -0.39 is 17.7 Å². The molecule has 2 aromatic carbocycles. The molecule has 1 amide bonds. The summed E-state index contributed by atoms with van der Waals surface area (Å²) in [5.41, 5.74) is 1.02. The second kappa shape index (κ2) is 9.85. The first-order valence-corrected chi connectivity index (χ1v) is 10.1. The van der Waals surface area contributed by atoms with Crippen molar-refractivity contribution in [2.45, 2.75) is 12.5 Å². The van der Waals surface area contributed by atoms with E-state index >= 15 is 0 Å². The first kappa shape index (κ1) is 22.7. The third kappa shape index (κ3) is 4.52. The van der Waals surface area contributed by atoms with Crippen LogP contribution in [0.3, 0.4) is 0 Å². The maximum Gasteiger partial charge on any atom is 0.295 e. The van der Waals surface area contributed by atoms with Crippen molar-refractivity contribution in [3.63, 3.8) is 0 Å². The summed E-state index contributed by atoms with van der Waals surface area (Å²) in [5, 5.41) is 11.5. The van der Waals surface area contributed by atoms with Crippen molar-refractivity contribution >= 4 is 29.1 Å². The number of carbonyl (C=O) groups is 2. The molecule has 1 saturated heterocycles. The molecule has 3 rings (SSSR count). The zero-order valence-corrected chi connectivity index (χ0v) is 18.3. The summed E-state index contributed by atoms with van der Waals surface area (Å²) >= 11 is 5.94. The fourth-order valence-corrected chi connectivity index (χ4v) is 3.75. The third-order valence-corrected chi connectivity index (χ3v) is 5.38. The van der Waals surface area contributed by atoms with Gasteiger partial charge in [0.1, 0.15) is 5.76 Å². The fourth-order valence-electron chi connectivity index (χ4n) is 3.62. The van der Waals surface area contributed by atoms with Gasteiger partial charge in [0.05, 0.1) is 25.8 Å². The van der Waals surface area contributed by atoms with Crippen molar-refractivity contribution in [3.8, 4) is 11.5 Å². The Morgan fingerprint density at radius 2 is 1.71 bits per heavy atom. The van der Waals surface area contributed by atoms with Crippen molar-refractivity contribution in [3.05, 3.63) is 64.2 Å². The Labute approximate surface area is 185 Å². The maximum atomic E-state index is 13.0. The van der Waals surface area contributed by atoms with E-state index in [9.17, 15) is 14.7 Å². The number of amides is 1. The molecule has 0 saturated carbocycles. The van der Waals surface area contributed by atoms with Crippen LogP contribution in [0.4, 0.5) is 0 Å². The minimum Gasteiger partial charge on any atom is -0.507 e. The lowest BCUT2D eigenvalue weighted by Gasteiger charge is -2.26. The van der Waals surface area contributed by atoms with Gasteiger partial charge in [0.15, 0.2) is 11.5 Å². The van der Waals surface area contributed by atoms with Crippen LogP contribution in [-0.2, 0) is 14.3 Å². The second-order valence-electron chi connectivity index (χ2n) is 6.96. The van der Waals surface area contributed by atoms with Crippen molar-refractivity contribution < 1.29 is 28.9 Å². The first-order chi connectivity index (χ1) is 14.9. The SMILES string of the molecule is COCCCN1C(=O)C(=O)/C(=C(/O)c2ccc(Cl)cc2)C1c1ccc(OC)c(OC)c1. The molecule has 0 spiro atoms. The lowest BCUT2D eigenvalue weighted by molar-refractivity contribution is -0.140. The van der Waals surface area contributed by atoms with E-state index in [-0.39, 0.29) is 17.9 Å². The van der Waals surface area contributed by atoms with Crippen LogP contribution in [0, 0.1) is 0 Å². The van der Waals surface area contributed by atoms with Crippen LogP contribution in [0.2, 0.25) is 5.02 Å².